The van der Waals surface area contributed by atoms with E-state index < -0.39 is 0 Å². The Morgan fingerprint density at radius 3 is 2.81 bits per heavy atom. The quantitative estimate of drug-likeness (QED) is 0.779. The highest BCUT2D eigenvalue weighted by atomic mass is 16.6. The molecule has 16 heavy (non-hydrogen) atoms. The lowest BCUT2D eigenvalue weighted by atomic mass is 10.2. The molecule has 1 heterocycles. The second-order valence-corrected chi connectivity index (χ2v) is 4.67. The van der Waals surface area contributed by atoms with Crippen molar-refractivity contribution in [2.75, 3.05) is 13.6 Å². The van der Waals surface area contributed by atoms with Crippen LogP contribution in [0.15, 0.2) is 4.63 Å². The van der Waals surface area contributed by atoms with Crippen LogP contribution >= 0.6 is 0 Å². The Kier molecular flexibility index (Phi) is 3.56. The van der Waals surface area contributed by atoms with E-state index in [0.717, 1.165) is 30.5 Å². The highest BCUT2D eigenvalue weighted by molar-refractivity contribution is 5.03. The summed E-state index contributed by atoms with van der Waals surface area (Å²) in [6, 6.07) is 1.37. The van der Waals surface area contributed by atoms with Gasteiger partial charge in [0.15, 0.2) is 0 Å². The summed E-state index contributed by atoms with van der Waals surface area (Å²) in [5.74, 6) is 0. The first-order chi connectivity index (χ1) is 7.68. The van der Waals surface area contributed by atoms with Gasteiger partial charge in [0.2, 0.25) is 0 Å². The SMILES string of the molecule is Cc1nonc1CNCC(C)N(C)C1CC1. The standard InChI is InChI=1S/C11H20N4O/c1-8(15(3)10-4-5-10)6-12-7-11-9(2)13-16-14-11/h8,10,12H,4-7H2,1-3H3. The van der Waals surface area contributed by atoms with Crippen LogP contribution < -0.4 is 5.32 Å². The summed E-state index contributed by atoms with van der Waals surface area (Å²) in [5, 5.41) is 11.0. The Morgan fingerprint density at radius 1 is 1.50 bits per heavy atom. The first-order valence-corrected chi connectivity index (χ1v) is 5.89. The van der Waals surface area contributed by atoms with Gasteiger partial charge >= 0.3 is 0 Å². The Hall–Kier alpha value is -0.940. The Bertz CT molecular complexity index is 334. The first kappa shape index (κ1) is 11.5. The predicted molar refractivity (Wildman–Crippen MR) is 61.0 cm³/mol. The van der Waals surface area contributed by atoms with Crippen molar-refractivity contribution in [3.8, 4) is 0 Å². The molecule has 1 fully saturated rings. The van der Waals surface area contributed by atoms with Crippen molar-refractivity contribution in [3.63, 3.8) is 0 Å². The maximum absolute atomic E-state index is 4.65. The minimum Gasteiger partial charge on any atom is -0.309 e. The molecular formula is C11H20N4O. The molecule has 5 nitrogen and oxygen atoms in total. The fourth-order valence-electron chi connectivity index (χ4n) is 1.80. The number of aromatic nitrogens is 2. The van der Waals surface area contributed by atoms with Gasteiger partial charge in [-0.05, 0) is 33.7 Å². The molecule has 1 aromatic rings. The molecule has 0 saturated heterocycles. The zero-order chi connectivity index (χ0) is 11.5. The van der Waals surface area contributed by atoms with Gasteiger partial charge in [0, 0.05) is 25.2 Å². The lowest BCUT2D eigenvalue weighted by Crippen LogP contribution is -2.39. The van der Waals surface area contributed by atoms with Crippen LogP contribution in [0.25, 0.3) is 0 Å². The van der Waals surface area contributed by atoms with Crippen LogP contribution in [0.3, 0.4) is 0 Å². The maximum atomic E-state index is 4.65. The second-order valence-electron chi connectivity index (χ2n) is 4.67. The number of rotatable bonds is 6. The molecule has 0 amide bonds. The smallest absolute Gasteiger partial charge is 0.121 e. The number of aryl methyl sites for hydroxylation is 1. The van der Waals surface area contributed by atoms with Crippen molar-refractivity contribution in [2.24, 2.45) is 0 Å². The first-order valence-electron chi connectivity index (χ1n) is 5.89. The van der Waals surface area contributed by atoms with Gasteiger partial charge in [0.1, 0.15) is 11.4 Å². The number of hydrogen-bond acceptors (Lipinski definition) is 5. The lowest BCUT2D eigenvalue weighted by Gasteiger charge is -2.24. The van der Waals surface area contributed by atoms with Crippen LogP contribution in [0.4, 0.5) is 0 Å². The average molecular weight is 224 g/mol. The highest BCUT2D eigenvalue weighted by Gasteiger charge is 2.28. The van der Waals surface area contributed by atoms with E-state index in [1.54, 1.807) is 0 Å². The summed E-state index contributed by atoms with van der Waals surface area (Å²) in [4.78, 5) is 2.45. The largest absolute Gasteiger partial charge is 0.309 e. The molecule has 1 unspecified atom stereocenters. The molecule has 1 N–H and O–H groups in total. The third kappa shape index (κ3) is 2.80. The van der Waals surface area contributed by atoms with Gasteiger partial charge in [-0.25, -0.2) is 4.63 Å². The van der Waals surface area contributed by atoms with Crippen LogP contribution in [0, 0.1) is 6.92 Å². The number of likely N-dealkylation sites (N-methyl/N-ethyl adjacent to an activating group) is 1. The monoisotopic (exact) mass is 224 g/mol. The fourth-order valence-corrected chi connectivity index (χ4v) is 1.80. The summed E-state index contributed by atoms with van der Waals surface area (Å²) >= 11 is 0. The van der Waals surface area contributed by atoms with Gasteiger partial charge in [-0.15, -0.1) is 0 Å². The van der Waals surface area contributed by atoms with E-state index in [4.69, 9.17) is 0 Å². The number of hydrogen-bond donors (Lipinski definition) is 1. The fraction of sp³-hybridized carbons (Fsp3) is 0.818. The minimum atomic E-state index is 0.563. The summed E-state index contributed by atoms with van der Waals surface area (Å²) in [6.45, 7) is 5.87. The van der Waals surface area contributed by atoms with Crippen molar-refractivity contribution in [3.05, 3.63) is 11.4 Å². The molecule has 1 aromatic heterocycles. The average Bonchev–Trinajstić information content (AvgIpc) is 3.03. The van der Waals surface area contributed by atoms with E-state index in [9.17, 15) is 0 Å². The molecule has 1 atom stereocenters. The molecule has 1 aliphatic rings. The molecule has 0 bridgehead atoms. The van der Waals surface area contributed by atoms with Crippen molar-refractivity contribution in [1.29, 1.82) is 0 Å². The van der Waals surface area contributed by atoms with Crippen LogP contribution in [0.1, 0.15) is 31.2 Å². The molecule has 1 aliphatic carbocycles. The van der Waals surface area contributed by atoms with Gasteiger partial charge in [-0.2, -0.15) is 0 Å². The highest BCUT2D eigenvalue weighted by Crippen LogP contribution is 2.26. The Labute approximate surface area is 96.2 Å². The van der Waals surface area contributed by atoms with Gasteiger partial charge in [-0.1, -0.05) is 10.3 Å². The summed E-state index contributed by atoms with van der Waals surface area (Å²) < 4.78 is 4.65. The van der Waals surface area contributed by atoms with Crippen LogP contribution in [-0.2, 0) is 6.54 Å². The topological polar surface area (TPSA) is 54.2 Å². The van der Waals surface area contributed by atoms with Crippen molar-refractivity contribution in [1.82, 2.24) is 20.5 Å². The normalized spacial score (nSPS) is 18.0. The molecule has 90 valence electrons. The molecule has 2 rings (SSSR count). The molecule has 0 radical (unpaired) electrons. The third-order valence-corrected chi connectivity index (χ3v) is 3.30. The molecule has 0 aromatic carbocycles. The Balaban J connectivity index is 1.69. The van der Waals surface area contributed by atoms with E-state index in [1.165, 1.54) is 12.8 Å². The van der Waals surface area contributed by atoms with E-state index in [0.29, 0.717) is 6.04 Å². The van der Waals surface area contributed by atoms with E-state index in [2.05, 4.69) is 39.1 Å². The van der Waals surface area contributed by atoms with Gasteiger partial charge in [0.05, 0.1) is 0 Å². The molecule has 5 heteroatoms. The van der Waals surface area contributed by atoms with Gasteiger partial charge in [0.25, 0.3) is 0 Å². The van der Waals surface area contributed by atoms with Crippen LogP contribution in [-0.4, -0.2) is 40.9 Å². The van der Waals surface area contributed by atoms with Crippen molar-refractivity contribution in [2.45, 2.75) is 45.3 Å². The summed E-state index contributed by atoms with van der Waals surface area (Å²) in [7, 11) is 2.20. The molecular weight excluding hydrogens is 204 g/mol. The molecule has 0 aliphatic heterocycles. The number of nitrogens with zero attached hydrogens (tertiary/aromatic N) is 3. The van der Waals surface area contributed by atoms with E-state index in [1.807, 2.05) is 6.92 Å². The van der Waals surface area contributed by atoms with Crippen LogP contribution in [0.5, 0.6) is 0 Å². The second kappa shape index (κ2) is 4.93. The lowest BCUT2D eigenvalue weighted by molar-refractivity contribution is 0.240. The minimum absolute atomic E-state index is 0.563. The van der Waals surface area contributed by atoms with E-state index >= 15 is 0 Å². The van der Waals surface area contributed by atoms with Crippen LogP contribution in [0.2, 0.25) is 0 Å². The maximum Gasteiger partial charge on any atom is 0.121 e. The van der Waals surface area contributed by atoms with E-state index in [-0.39, 0.29) is 0 Å². The van der Waals surface area contributed by atoms with Gasteiger partial charge < -0.3 is 5.32 Å². The van der Waals surface area contributed by atoms with Crippen molar-refractivity contribution >= 4 is 0 Å². The number of nitrogens with one attached hydrogen (secondary N) is 1. The molecule has 1 saturated carbocycles. The zero-order valence-corrected chi connectivity index (χ0v) is 10.2. The molecule has 0 spiro atoms. The predicted octanol–water partition coefficient (Wildman–Crippen LogP) is 0.950. The van der Waals surface area contributed by atoms with Crippen molar-refractivity contribution < 1.29 is 4.63 Å². The third-order valence-electron chi connectivity index (χ3n) is 3.30. The zero-order valence-electron chi connectivity index (χ0n) is 10.2. The van der Waals surface area contributed by atoms with Gasteiger partial charge in [-0.3, -0.25) is 4.90 Å². The summed E-state index contributed by atoms with van der Waals surface area (Å²) in [5.41, 5.74) is 1.77. The summed E-state index contributed by atoms with van der Waals surface area (Å²) in [6.07, 6.45) is 2.71. The Morgan fingerprint density at radius 2 is 2.25 bits per heavy atom.